The Labute approximate surface area is 117 Å². The summed E-state index contributed by atoms with van der Waals surface area (Å²) in [5.74, 6) is 0. The number of hydrogen-bond acceptors (Lipinski definition) is 3. The summed E-state index contributed by atoms with van der Waals surface area (Å²) in [4.78, 5) is 2.40. The van der Waals surface area contributed by atoms with Gasteiger partial charge >= 0.3 is 0 Å². The third-order valence-corrected chi connectivity index (χ3v) is 4.00. The van der Waals surface area contributed by atoms with Gasteiger partial charge in [0.2, 0.25) is 0 Å². The van der Waals surface area contributed by atoms with Crippen LogP contribution in [0, 0.1) is 6.92 Å². The maximum Gasteiger partial charge on any atom is 0.0611 e. The third kappa shape index (κ3) is 3.95. The lowest BCUT2D eigenvalue weighted by atomic mass is 9.93. The van der Waals surface area contributed by atoms with Crippen LogP contribution in [-0.4, -0.2) is 36.9 Å². The number of nitrogens with one attached hydrogen (secondary N) is 1. The molecule has 0 saturated heterocycles. The van der Waals surface area contributed by atoms with Gasteiger partial charge in [0.1, 0.15) is 0 Å². The maximum atomic E-state index is 9.53. The van der Waals surface area contributed by atoms with Gasteiger partial charge in [0.05, 0.1) is 6.61 Å². The van der Waals surface area contributed by atoms with Crippen LogP contribution in [0.3, 0.4) is 0 Å². The van der Waals surface area contributed by atoms with Crippen LogP contribution in [0.5, 0.6) is 0 Å². The molecule has 0 amide bonds. The van der Waals surface area contributed by atoms with Crippen LogP contribution in [-0.2, 0) is 0 Å². The summed E-state index contributed by atoms with van der Waals surface area (Å²) in [6, 6.07) is 8.85. The third-order valence-electron chi connectivity index (χ3n) is 4.00. The molecule has 19 heavy (non-hydrogen) atoms. The molecule has 2 unspecified atom stereocenters. The van der Waals surface area contributed by atoms with E-state index in [1.807, 2.05) is 7.05 Å². The van der Waals surface area contributed by atoms with E-state index >= 15 is 0 Å². The van der Waals surface area contributed by atoms with Gasteiger partial charge in [-0.1, -0.05) is 18.2 Å². The fourth-order valence-corrected chi connectivity index (χ4v) is 2.61. The van der Waals surface area contributed by atoms with Crippen molar-refractivity contribution in [3.8, 4) is 0 Å². The maximum absolute atomic E-state index is 9.53. The van der Waals surface area contributed by atoms with E-state index in [9.17, 15) is 5.11 Å². The summed E-state index contributed by atoms with van der Waals surface area (Å²) in [6.07, 6.45) is 0.905. The summed E-state index contributed by atoms with van der Waals surface area (Å²) in [5, 5.41) is 12.8. The van der Waals surface area contributed by atoms with Crippen LogP contribution in [0.2, 0.25) is 0 Å². The number of anilines is 1. The Morgan fingerprint density at radius 3 is 2.47 bits per heavy atom. The van der Waals surface area contributed by atoms with Crippen molar-refractivity contribution in [3.63, 3.8) is 0 Å². The van der Waals surface area contributed by atoms with Crippen LogP contribution >= 0.6 is 0 Å². The highest BCUT2D eigenvalue weighted by molar-refractivity contribution is 5.53. The van der Waals surface area contributed by atoms with Crippen molar-refractivity contribution in [3.05, 3.63) is 29.8 Å². The minimum atomic E-state index is -0.227. The van der Waals surface area contributed by atoms with Crippen molar-refractivity contribution < 1.29 is 5.11 Å². The number of para-hydroxylation sites is 1. The Hall–Kier alpha value is -1.06. The number of hydrogen-bond donors (Lipinski definition) is 2. The van der Waals surface area contributed by atoms with Crippen LogP contribution in [0.15, 0.2) is 24.3 Å². The first-order chi connectivity index (χ1) is 8.97. The lowest BCUT2D eigenvalue weighted by Gasteiger charge is -2.37. The molecular weight excluding hydrogens is 236 g/mol. The highest BCUT2D eigenvalue weighted by atomic mass is 16.3. The molecule has 0 aliphatic rings. The Bertz CT molecular complexity index is 388. The zero-order valence-corrected chi connectivity index (χ0v) is 12.9. The van der Waals surface area contributed by atoms with E-state index in [0.717, 1.165) is 13.0 Å². The van der Waals surface area contributed by atoms with E-state index < -0.39 is 0 Å². The second kappa shape index (κ2) is 6.92. The van der Waals surface area contributed by atoms with Gasteiger partial charge in [-0.2, -0.15) is 0 Å². The highest BCUT2D eigenvalue weighted by Gasteiger charge is 2.26. The van der Waals surface area contributed by atoms with E-state index in [1.54, 1.807) is 0 Å². The van der Waals surface area contributed by atoms with E-state index in [-0.39, 0.29) is 12.1 Å². The van der Waals surface area contributed by atoms with Crippen LogP contribution < -0.4 is 10.2 Å². The Morgan fingerprint density at radius 2 is 2.00 bits per heavy atom. The second-order valence-electron chi connectivity index (χ2n) is 5.59. The largest absolute Gasteiger partial charge is 0.394 e. The van der Waals surface area contributed by atoms with Gasteiger partial charge in [0.25, 0.3) is 0 Å². The molecular formula is C16H28N2O. The average Bonchev–Trinajstić information content (AvgIpc) is 2.41. The first-order valence-electron chi connectivity index (χ1n) is 7.09. The predicted octanol–water partition coefficient (Wildman–Crippen LogP) is 2.57. The van der Waals surface area contributed by atoms with Crippen molar-refractivity contribution in [2.75, 3.05) is 25.1 Å². The van der Waals surface area contributed by atoms with Crippen molar-refractivity contribution in [2.45, 2.75) is 45.7 Å². The molecule has 1 aromatic carbocycles. The molecule has 2 atom stereocenters. The molecule has 1 rings (SSSR count). The fourth-order valence-electron chi connectivity index (χ4n) is 2.61. The molecule has 0 fully saturated rings. The summed E-state index contributed by atoms with van der Waals surface area (Å²) >= 11 is 0. The number of benzene rings is 1. The van der Waals surface area contributed by atoms with Gasteiger partial charge in [-0.3, -0.25) is 0 Å². The zero-order chi connectivity index (χ0) is 14.5. The lowest BCUT2D eigenvalue weighted by Crippen LogP contribution is -2.49. The van der Waals surface area contributed by atoms with Gasteiger partial charge in [-0.05, 0) is 52.8 Å². The van der Waals surface area contributed by atoms with E-state index in [2.05, 4.69) is 62.2 Å². The molecule has 2 N–H and O–H groups in total. The van der Waals surface area contributed by atoms with Crippen molar-refractivity contribution in [2.24, 2.45) is 0 Å². The molecule has 0 aliphatic heterocycles. The number of aliphatic hydroxyl groups excluding tert-OH is 1. The summed E-state index contributed by atoms with van der Waals surface area (Å²) in [5.41, 5.74) is 2.36. The topological polar surface area (TPSA) is 35.5 Å². The first kappa shape index (κ1) is 16.0. The van der Waals surface area contributed by atoms with Crippen molar-refractivity contribution in [1.82, 2.24) is 5.32 Å². The first-order valence-corrected chi connectivity index (χ1v) is 7.09. The molecule has 0 heterocycles. The van der Waals surface area contributed by atoms with Gasteiger partial charge < -0.3 is 15.3 Å². The van der Waals surface area contributed by atoms with Gasteiger partial charge in [0.15, 0.2) is 0 Å². The molecule has 0 radical (unpaired) electrons. The minimum Gasteiger partial charge on any atom is -0.394 e. The summed E-state index contributed by atoms with van der Waals surface area (Å²) in [6.45, 7) is 9.74. The van der Waals surface area contributed by atoms with Gasteiger partial charge in [-0.15, -0.1) is 0 Å². The molecule has 3 heteroatoms. The number of likely N-dealkylation sites (N-methyl/N-ethyl adjacent to an activating group) is 1. The van der Waals surface area contributed by atoms with E-state index in [0.29, 0.717) is 6.04 Å². The van der Waals surface area contributed by atoms with Crippen molar-refractivity contribution in [1.29, 1.82) is 0 Å². The smallest absolute Gasteiger partial charge is 0.0611 e. The number of rotatable bonds is 7. The van der Waals surface area contributed by atoms with Gasteiger partial charge in [0, 0.05) is 23.8 Å². The SMILES string of the molecule is CCN(c1ccccc1C)C(C)CC(C)(CO)NC. The van der Waals surface area contributed by atoms with Crippen LogP contribution in [0.1, 0.15) is 32.8 Å². The van der Waals surface area contributed by atoms with Crippen molar-refractivity contribution >= 4 is 5.69 Å². The molecule has 3 nitrogen and oxygen atoms in total. The number of nitrogens with zero attached hydrogens (tertiary/aromatic N) is 1. The van der Waals surface area contributed by atoms with Gasteiger partial charge in [-0.25, -0.2) is 0 Å². The summed E-state index contributed by atoms with van der Waals surface area (Å²) < 4.78 is 0. The number of aliphatic hydroxyl groups is 1. The van der Waals surface area contributed by atoms with E-state index in [1.165, 1.54) is 11.3 Å². The molecule has 0 bridgehead atoms. The molecule has 0 aliphatic carbocycles. The van der Waals surface area contributed by atoms with Crippen LogP contribution in [0.25, 0.3) is 0 Å². The summed E-state index contributed by atoms with van der Waals surface area (Å²) in [7, 11) is 1.91. The molecule has 1 aromatic rings. The zero-order valence-electron chi connectivity index (χ0n) is 12.9. The quantitative estimate of drug-likeness (QED) is 0.794. The standard InChI is InChI=1S/C16H28N2O/c1-6-18(15-10-8-7-9-13(15)2)14(3)11-16(4,12-19)17-5/h7-10,14,17,19H,6,11-12H2,1-5H3. The number of aryl methyl sites for hydroxylation is 1. The molecule has 0 spiro atoms. The fraction of sp³-hybridized carbons (Fsp3) is 0.625. The lowest BCUT2D eigenvalue weighted by molar-refractivity contribution is 0.167. The Balaban J connectivity index is 2.89. The predicted molar refractivity (Wildman–Crippen MR) is 82.8 cm³/mol. The molecule has 108 valence electrons. The monoisotopic (exact) mass is 264 g/mol. The van der Waals surface area contributed by atoms with E-state index in [4.69, 9.17) is 0 Å². The molecule has 0 aromatic heterocycles. The second-order valence-corrected chi connectivity index (χ2v) is 5.59. The molecule has 0 saturated carbocycles. The highest BCUT2D eigenvalue weighted by Crippen LogP contribution is 2.25. The normalized spacial score (nSPS) is 15.9. The Kier molecular flexibility index (Phi) is 5.83. The van der Waals surface area contributed by atoms with Crippen LogP contribution in [0.4, 0.5) is 5.69 Å². The average molecular weight is 264 g/mol. The minimum absolute atomic E-state index is 0.152. The Morgan fingerprint density at radius 1 is 1.37 bits per heavy atom.